The van der Waals surface area contributed by atoms with Crippen LogP contribution >= 0.6 is 0 Å². The smallest absolute Gasteiger partial charge is 0.222 e. The van der Waals surface area contributed by atoms with E-state index in [1.165, 1.54) is 12.8 Å². The maximum Gasteiger partial charge on any atom is 0.222 e. The van der Waals surface area contributed by atoms with Crippen molar-refractivity contribution in [3.8, 4) is 0 Å². The highest BCUT2D eigenvalue weighted by Crippen LogP contribution is 2.10. The standard InChI is InChI=1S/C12H24N2O/c1-4-6-11(3)13-7-9-14(10-8-13)12(15)5-2/h11H,4-10H2,1-3H3. The molecule has 0 aromatic heterocycles. The summed E-state index contributed by atoms with van der Waals surface area (Å²) >= 11 is 0. The molecular weight excluding hydrogens is 188 g/mol. The number of nitrogens with zero attached hydrogens (tertiary/aromatic N) is 2. The molecule has 88 valence electrons. The summed E-state index contributed by atoms with van der Waals surface area (Å²) in [5.41, 5.74) is 0. The molecule has 0 aliphatic carbocycles. The fourth-order valence-electron chi connectivity index (χ4n) is 2.24. The highest BCUT2D eigenvalue weighted by atomic mass is 16.2. The van der Waals surface area contributed by atoms with Gasteiger partial charge in [-0.3, -0.25) is 9.69 Å². The number of carbonyl (C=O) groups excluding carboxylic acids is 1. The fourth-order valence-corrected chi connectivity index (χ4v) is 2.24. The minimum Gasteiger partial charge on any atom is -0.340 e. The van der Waals surface area contributed by atoms with E-state index in [2.05, 4.69) is 18.7 Å². The Balaban J connectivity index is 2.32. The van der Waals surface area contributed by atoms with Gasteiger partial charge in [-0.2, -0.15) is 0 Å². The van der Waals surface area contributed by atoms with Crippen molar-refractivity contribution in [3.05, 3.63) is 0 Å². The molecule has 0 N–H and O–H groups in total. The molecule has 1 rings (SSSR count). The van der Waals surface area contributed by atoms with Crippen molar-refractivity contribution in [1.29, 1.82) is 0 Å². The van der Waals surface area contributed by atoms with Crippen LogP contribution in [0.15, 0.2) is 0 Å². The molecule has 3 nitrogen and oxygen atoms in total. The second-order valence-corrected chi connectivity index (χ2v) is 4.41. The van der Waals surface area contributed by atoms with Crippen molar-refractivity contribution in [2.24, 2.45) is 0 Å². The second-order valence-electron chi connectivity index (χ2n) is 4.41. The fraction of sp³-hybridized carbons (Fsp3) is 0.917. The zero-order chi connectivity index (χ0) is 11.3. The van der Waals surface area contributed by atoms with Gasteiger partial charge in [-0.1, -0.05) is 20.3 Å². The molecule has 0 aromatic rings. The zero-order valence-corrected chi connectivity index (χ0v) is 10.3. The Morgan fingerprint density at radius 2 is 1.80 bits per heavy atom. The predicted octanol–water partition coefficient (Wildman–Crippen LogP) is 1.73. The third kappa shape index (κ3) is 3.49. The van der Waals surface area contributed by atoms with Crippen molar-refractivity contribution < 1.29 is 4.79 Å². The van der Waals surface area contributed by atoms with Gasteiger partial charge in [0.1, 0.15) is 0 Å². The summed E-state index contributed by atoms with van der Waals surface area (Å²) < 4.78 is 0. The average molecular weight is 212 g/mol. The first-order valence-corrected chi connectivity index (χ1v) is 6.20. The number of carbonyl (C=O) groups is 1. The summed E-state index contributed by atoms with van der Waals surface area (Å²) in [4.78, 5) is 16.0. The lowest BCUT2D eigenvalue weighted by Gasteiger charge is -2.38. The lowest BCUT2D eigenvalue weighted by atomic mass is 10.1. The maximum atomic E-state index is 11.5. The molecule has 0 saturated carbocycles. The summed E-state index contributed by atoms with van der Waals surface area (Å²) in [7, 11) is 0. The predicted molar refractivity (Wildman–Crippen MR) is 62.8 cm³/mol. The van der Waals surface area contributed by atoms with Crippen molar-refractivity contribution in [3.63, 3.8) is 0 Å². The Bertz CT molecular complexity index is 198. The average Bonchev–Trinajstić information content (AvgIpc) is 2.28. The largest absolute Gasteiger partial charge is 0.340 e. The molecular formula is C12H24N2O. The summed E-state index contributed by atoms with van der Waals surface area (Å²) in [5.74, 6) is 0.304. The number of rotatable bonds is 4. The van der Waals surface area contributed by atoms with Crippen molar-refractivity contribution in [1.82, 2.24) is 9.80 Å². The van der Waals surface area contributed by atoms with Gasteiger partial charge < -0.3 is 4.90 Å². The number of hydrogen-bond acceptors (Lipinski definition) is 2. The molecule has 3 heteroatoms. The van der Waals surface area contributed by atoms with E-state index in [4.69, 9.17) is 0 Å². The minimum atomic E-state index is 0.304. The second kappa shape index (κ2) is 6.11. The molecule has 0 aromatic carbocycles. The first-order chi connectivity index (χ1) is 7.19. The van der Waals surface area contributed by atoms with E-state index in [1.807, 2.05) is 11.8 Å². The zero-order valence-electron chi connectivity index (χ0n) is 10.3. The SMILES string of the molecule is CCCC(C)N1CCN(C(=O)CC)CC1. The topological polar surface area (TPSA) is 23.6 Å². The summed E-state index contributed by atoms with van der Waals surface area (Å²) in [5, 5.41) is 0. The monoisotopic (exact) mass is 212 g/mol. The highest BCUT2D eigenvalue weighted by molar-refractivity contribution is 5.75. The third-order valence-corrected chi connectivity index (χ3v) is 3.30. The Hall–Kier alpha value is -0.570. The van der Waals surface area contributed by atoms with Crippen molar-refractivity contribution in [2.75, 3.05) is 26.2 Å². The summed E-state index contributed by atoms with van der Waals surface area (Å²) in [6, 6.07) is 0.675. The Labute approximate surface area is 93.4 Å². The molecule has 0 radical (unpaired) electrons. The minimum absolute atomic E-state index is 0.304. The van der Waals surface area contributed by atoms with Crippen LogP contribution < -0.4 is 0 Å². The van der Waals surface area contributed by atoms with Gasteiger partial charge in [-0.25, -0.2) is 0 Å². The molecule has 1 fully saturated rings. The molecule has 1 unspecified atom stereocenters. The van der Waals surface area contributed by atoms with Crippen LogP contribution in [0, 0.1) is 0 Å². The van der Waals surface area contributed by atoms with Crippen LogP contribution in [0.2, 0.25) is 0 Å². The van der Waals surface area contributed by atoms with Crippen LogP contribution in [0.1, 0.15) is 40.0 Å². The van der Waals surface area contributed by atoms with E-state index in [1.54, 1.807) is 0 Å². The van der Waals surface area contributed by atoms with Crippen molar-refractivity contribution >= 4 is 5.91 Å². The number of amides is 1. The van der Waals surface area contributed by atoms with Gasteiger partial charge in [0, 0.05) is 38.6 Å². The molecule has 0 bridgehead atoms. The molecule has 1 amide bonds. The van der Waals surface area contributed by atoms with Crippen LogP contribution in [-0.2, 0) is 4.79 Å². The van der Waals surface area contributed by atoms with Crippen LogP contribution in [0.25, 0.3) is 0 Å². The van der Waals surface area contributed by atoms with Gasteiger partial charge in [0.25, 0.3) is 0 Å². The van der Waals surface area contributed by atoms with Gasteiger partial charge in [-0.15, -0.1) is 0 Å². The maximum absolute atomic E-state index is 11.5. The molecule has 1 atom stereocenters. The van der Waals surface area contributed by atoms with E-state index in [-0.39, 0.29) is 0 Å². The molecule has 1 aliphatic rings. The lowest BCUT2D eigenvalue weighted by Crippen LogP contribution is -2.51. The lowest BCUT2D eigenvalue weighted by molar-refractivity contribution is -0.132. The quantitative estimate of drug-likeness (QED) is 0.708. The summed E-state index contributed by atoms with van der Waals surface area (Å²) in [6.07, 6.45) is 3.15. The molecule has 1 aliphatic heterocycles. The first kappa shape index (κ1) is 12.5. The number of piperazine rings is 1. The van der Waals surface area contributed by atoms with Crippen LogP contribution in [0.3, 0.4) is 0 Å². The molecule has 0 spiro atoms. The van der Waals surface area contributed by atoms with E-state index in [9.17, 15) is 4.79 Å². The van der Waals surface area contributed by atoms with Gasteiger partial charge in [0.2, 0.25) is 5.91 Å². The van der Waals surface area contributed by atoms with Crippen molar-refractivity contribution in [2.45, 2.75) is 46.1 Å². The van der Waals surface area contributed by atoms with E-state index < -0.39 is 0 Å². The van der Waals surface area contributed by atoms with Gasteiger partial charge >= 0.3 is 0 Å². The molecule has 15 heavy (non-hydrogen) atoms. The van der Waals surface area contributed by atoms with Gasteiger partial charge in [-0.05, 0) is 13.3 Å². The van der Waals surface area contributed by atoms with Crippen LogP contribution in [0.4, 0.5) is 0 Å². The van der Waals surface area contributed by atoms with Gasteiger partial charge in [0.15, 0.2) is 0 Å². The molecule has 1 heterocycles. The first-order valence-electron chi connectivity index (χ1n) is 6.20. The van der Waals surface area contributed by atoms with E-state index in [0.717, 1.165) is 26.2 Å². The third-order valence-electron chi connectivity index (χ3n) is 3.30. The Morgan fingerprint density at radius 1 is 1.20 bits per heavy atom. The highest BCUT2D eigenvalue weighted by Gasteiger charge is 2.22. The Morgan fingerprint density at radius 3 is 2.27 bits per heavy atom. The summed E-state index contributed by atoms with van der Waals surface area (Å²) in [6.45, 7) is 10.4. The molecule has 1 saturated heterocycles. The van der Waals surface area contributed by atoms with Crippen LogP contribution in [0.5, 0.6) is 0 Å². The van der Waals surface area contributed by atoms with Crippen LogP contribution in [-0.4, -0.2) is 47.9 Å². The number of hydrogen-bond donors (Lipinski definition) is 0. The van der Waals surface area contributed by atoms with E-state index in [0.29, 0.717) is 18.4 Å². The normalized spacial score (nSPS) is 20.3. The van der Waals surface area contributed by atoms with E-state index >= 15 is 0 Å². The van der Waals surface area contributed by atoms with Gasteiger partial charge in [0.05, 0.1) is 0 Å². The Kier molecular flexibility index (Phi) is 5.09.